The Bertz CT molecular complexity index is 1160. The Morgan fingerprint density at radius 2 is 1.97 bits per heavy atom. The molecular weight excluding hydrogens is 366 g/mol. The van der Waals surface area contributed by atoms with Crippen molar-refractivity contribution in [3.05, 3.63) is 73.0 Å². The average molecular weight is 385 g/mol. The fourth-order valence-corrected chi connectivity index (χ4v) is 3.95. The van der Waals surface area contributed by atoms with Crippen molar-refractivity contribution in [1.82, 2.24) is 34.4 Å². The van der Waals surface area contributed by atoms with Crippen LogP contribution in [0.1, 0.15) is 34.8 Å². The van der Waals surface area contributed by atoms with Gasteiger partial charge in [-0.25, -0.2) is 19.5 Å². The molecule has 4 aromatic rings. The number of amides is 1. The molecule has 8 heteroatoms. The standard InChI is InChI=1S/C21H19N7O/c29-21(18-12-26-28-10-2-6-24-20(18)28)27-9-1-3-16(13-27)19-17(11-23-14-25-19)15-4-7-22-8-5-15/h2,4-8,10-12,14,16H,1,3,9,13H2/t16-/m0/s1. The molecule has 5 rings (SSSR count). The monoisotopic (exact) mass is 385 g/mol. The van der Waals surface area contributed by atoms with Crippen LogP contribution >= 0.6 is 0 Å². The van der Waals surface area contributed by atoms with E-state index in [0.717, 1.165) is 36.2 Å². The number of carbonyl (C=O) groups excluding carboxylic acids is 1. The Morgan fingerprint density at radius 3 is 2.86 bits per heavy atom. The van der Waals surface area contributed by atoms with Gasteiger partial charge < -0.3 is 4.90 Å². The summed E-state index contributed by atoms with van der Waals surface area (Å²) < 4.78 is 1.63. The maximum atomic E-state index is 13.2. The number of rotatable bonds is 3. The minimum absolute atomic E-state index is 0.0390. The van der Waals surface area contributed by atoms with E-state index in [0.29, 0.717) is 17.8 Å². The van der Waals surface area contributed by atoms with Crippen LogP contribution in [-0.4, -0.2) is 53.4 Å². The van der Waals surface area contributed by atoms with E-state index in [1.807, 2.05) is 23.2 Å². The highest BCUT2D eigenvalue weighted by atomic mass is 16.2. The van der Waals surface area contributed by atoms with Crippen LogP contribution in [0.2, 0.25) is 0 Å². The van der Waals surface area contributed by atoms with Gasteiger partial charge in [0.25, 0.3) is 5.91 Å². The zero-order chi connectivity index (χ0) is 19.6. The topological polar surface area (TPSA) is 89.2 Å². The lowest BCUT2D eigenvalue weighted by molar-refractivity contribution is 0.0707. The molecule has 0 bridgehead atoms. The lowest BCUT2D eigenvalue weighted by atomic mass is 9.90. The zero-order valence-corrected chi connectivity index (χ0v) is 15.7. The normalized spacial score (nSPS) is 16.8. The molecule has 0 aromatic carbocycles. The molecule has 144 valence electrons. The molecule has 1 saturated heterocycles. The molecule has 4 aromatic heterocycles. The maximum absolute atomic E-state index is 13.2. The minimum atomic E-state index is -0.0390. The second-order valence-electron chi connectivity index (χ2n) is 7.09. The molecule has 0 saturated carbocycles. The van der Waals surface area contributed by atoms with Crippen molar-refractivity contribution in [2.24, 2.45) is 0 Å². The molecule has 1 aliphatic heterocycles. The third-order valence-corrected chi connectivity index (χ3v) is 5.34. The van der Waals surface area contributed by atoms with Crippen molar-refractivity contribution >= 4 is 11.6 Å². The molecule has 1 amide bonds. The zero-order valence-electron chi connectivity index (χ0n) is 15.7. The number of piperidine rings is 1. The van der Waals surface area contributed by atoms with Crippen molar-refractivity contribution in [3.8, 4) is 11.1 Å². The molecule has 0 radical (unpaired) electrons. The van der Waals surface area contributed by atoms with Crippen LogP contribution in [0, 0.1) is 0 Å². The first-order valence-electron chi connectivity index (χ1n) is 9.59. The first-order chi connectivity index (χ1) is 14.3. The highest BCUT2D eigenvalue weighted by molar-refractivity contribution is 5.99. The smallest absolute Gasteiger partial charge is 0.259 e. The summed E-state index contributed by atoms with van der Waals surface area (Å²) in [5, 5.41) is 4.25. The van der Waals surface area contributed by atoms with Gasteiger partial charge in [0.05, 0.1) is 11.9 Å². The number of nitrogens with zero attached hydrogens (tertiary/aromatic N) is 7. The molecule has 29 heavy (non-hydrogen) atoms. The summed E-state index contributed by atoms with van der Waals surface area (Å²) in [5.74, 6) is 0.108. The third-order valence-electron chi connectivity index (χ3n) is 5.34. The van der Waals surface area contributed by atoms with Crippen LogP contribution in [0.3, 0.4) is 0 Å². The number of fused-ring (bicyclic) bond motifs is 1. The molecule has 5 heterocycles. The first kappa shape index (κ1) is 17.4. The maximum Gasteiger partial charge on any atom is 0.259 e. The molecule has 0 spiro atoms. The van der Waals surface area contributed by atoms with Crippen LogP contribution in [0.5, 0.6) is 0 Å². The van der Waals surface area contributed by atoms with Crippen LogP contribution in [0.25, 0.3) is 16.8 Å². The number of pyridine rings is 1. The molecule has 0 N–H and O–H groups in total. The molecular formula is C21H19N7O. The Hall–Kier alpha value is -3.68. The fourth-order valence-electron chi connectivity index (χ4n) is 3.95. The number of likely N-dealkylation sites (tertiary alicyclic amines) is 1. The van der Waals surface area contributed by atoms with Gasteiger partial charge in [-0.15, -0.1) is 0 Å². The van der Waals surface area contributed by atoms with Gasteiger partial charge in [0.2, 0.25) is 0 Å². The van der Waals surface area contributed by atoms with Crippen molar-refractivity contribution in [1.29, 1.82) is 0 Å². The lowest BCUT2D eigenvalue weighted by Gasteiger charge is -2.33. The van der Waals surface area contributed by atoms with Crippen molar-refractivity contribution in [2.75, 3.05) is 13.1 Å². The number of aromatic nitrogens is 6. The second kappa shape index (κ2) is 7.38. The average Bonchev–Trinajstić information content (AvgIpc) is 3.23. The molecule has 8 nitrogen and oxygen atoms in total. The van der Waals surface area contributed by atoms with E-state index in [9.17, 15) is 4.79 Å². The predicted octanol–water partition coefficient (Wildman–Crippen LogP) is 2.60. The third kappa shape index (κ3) is 3.22. The Kier molecular flexibility index (Phi) is 4.44. The van der Waals surface area contributed by atoms with E-state index < -0.39 is 0 Å². The van der Waals surface area contributed by atoms with E-state index >= 15 is 0 Å². The van der Waals surface area contributed by atoms with Crippen LogP contribution in [0.4, 0.5) is 0 Å². The van der Waals surface area contributed by atoms with Gasteiger partial charge >= 0.3 is 0 Å². The van der Waals surface area contributed by atoms with E-state index in [-0.39, 0.29) is 11.8 Å². The van der Waals surface area contributed by atoms with Crippen molar-refractivity contribution in [3.63, 3.8) is 0 Å². The first-order valence-corrected chi connectivity index (χ1v) is 9.59. The van der Waals surface area contributed by atoms with E-state index in [4.69, 9.17) is 0 Å². The number of hydrogen-bond donors (Lipinski definition) is 0. The summed E-state index contributed by atoms with van der Waals surface area (Å²) >= 11 is 0. The van der Waals surface area contributed by atoms with Gasteiger partial charge in [-0.05, 0) is 36.6 Å². The quantitative estimate of drug-likeness (QED) is 0.539. The highest BCUT2D eigenvalue weighted by Crippen LogP contribution is 2.33. The van der Waals surface area contributed by atoms with Gasteiger partial charge in [0.15, 0.2) is 5.65 Å². The van der Waals surface area contributed by atoms with Crippen LogP contribution < -0.4 is 0 Å². The van der Waals surface area contributed by atoms with Gasteiger partial charge in [-0.2, -0.15) is 5.10 Å². The van der Waals surface area contributed by atoms with Crippen molar-refractivity contribution < 1.29 is 4.79 Å². The molecule has 0 unspecified atom stereocenters. The molecule has 1 aliphatic rings. The van der Waals surface area contributed by atoms with Crippen LogP contribution in [-0.2, 0) is 0 Å². The molecule has 1 fully saturated rings. The summed E-state index contributed by atoms with van der Waals surface area (Å²) in [6, 6.07) is 5.71. The second-order valence-corrected chi connectivity index (χ2v) is 7.09. The van der Waals surface area contributed by atoms with Gasteiger partial charge in [0.1, 0.15) is 11.9 Å². The summed E-state index contributed by atoms with van der Waals surface area (Å²) in [7, 11) is 0. The Balaban J connectivity index is 1.44. The predicted molar refractivity (Wildman–Crippen MR) is 106 cm³/mol. The summed E-state index contributed by atoms with van der Waals surface area (Å²) in [6.45, 7) is 1.33. The lowest BCUT2D eigenvalue weighted by Crippen LogP contribution is -2.39. The SMILES string of the molecule is O=C(c1cnn2cccnc12)N1CCC[C@H](c2ncncc2-c2ccncc2)C1. The summed E-state index contributed by atoms with van der Waals surface area (Å²) in [5.41, 5.74) is 4.11. The molecule has 0 aliphatic carbocycles. The number of carbonyl (C=O) groups is 1. The Labute approximate surface area is 167 Å². The fraction of sp³-hybridized carbons (Fsp3) is 0.238. The summed E-state index contributed by atoms with van der Waals surface area (Å²) in [4.78, 5) is 32.3. The highest BCUT2D eigenvalue weighted by Gasteiger charge is 2.29. The Morgan fingerprint density at radius 1 is 1.07 bits per heavy atom. The van der Waals surface area contributed by atoms with Crippen LogP contribution in [0.15, 0.2) is 61.7 Å². The largest absolute Gasteiger partial charge is 0.338 e. The van der Waals surface area contributed by atoms with E-state index in [2.05, 4.69) is 25.0 Å². The number of hydrogen-bond acceptors (Lipinski definition) is 6. The van der Waals surface area contributed by atoms with Gasteiger partial charge in [-0.3, -0.25) is 9.78 Å². The van der Waals surface area contributed by atoms with Crippen molar-refractivity contribution in [2.45, 2.75) is 18.8 Å². The van der Waals surface area contributed by atoms with Gasteiger partial charge in [-0.1, -0.05) is 0 Å². The van der Waals surface area contributed by atoms with Gasteiger partial charge in [0, 0.05) is 55.6 Å². The molecule has 1 atom stereocenters. The van der Waals surface area contributed by atoms with E-state index in [1.165, 1.54) is 0 Å². The van der Waals surface area contributed by atoms with E-state index in [1.54, 1.807) is 47.9 Å². The summed E-state index contributed by atoms with van der Waals surface area (Å²) in [6.07, 6.45) is 13.9. The minimum Gasteiger partial charge on any atom is -0.338 e.